The van der Waals surface area contributed by atoms with Crippen molar-refractivity contribution in [2.75, 3.05) is 0 Å². The molecular formula is C8H7BF3KN2. The third-order valence-corrected chi connectivity index (χ3v) is 2.29. The smallest absolute Gasteiger partial charge is 0.445 e. The van der Waals surface area contributed by atoms with Gasteiger partial charge in [0.2, 0.25) is 0 Å². The number of rotatable bonds is 1. The van der Waals surface area contributed by atoms with Gasteiger partial charge in [0.25, 0.3) is 0 Å². The van der Waals surface area contributed by atoms with Crippen molar-refractivity contribution in [3.8, 4) is 0 Å². The van der Waals surface area contributed by atoms with Gasteiger partial charge >= 0.3 is 58.4 Å². The summed E-state index contributed by atoms with van der Waals surface area (Å²) in [5.74, 6) is 0. The minimum absolute atomic E-state index is 0. The van der Waals surface area contributed by atoms with E-state index in [0.717, 1.165) is 6.07 Å². The first-order valence-electron chi connectivity index (χ1n) is 4.12. The SMILES string of the molecule is Cc1c([B-](F)(F)F)ccc2[nH]ncc12.[K+]. The molecule has 2 nitrogen and oxygen atoms in total. The molecule has 0 spiro atoms. The van der Waals surface area contributed by atoms with Gasteiger partial charge < -0.3 is 12.9 Å². The number of aryl methyl sites for hydroxylation is 1. The summed E-state index contributed by atoms with van der Waals surface area (Å²) in [5.41, 5.74) is 0.328. The standard InChI is InChI=1S/C8H7BF3N2.K/c1-5-6-4-13-14-8(6)3-2-7(5)9(10,11)12;/h2-4H,1H3,(H,13,14);/q-1;+1. The van der Waals surface area contributed by atoms with Crippen molar-refractivity contribution in [1.29, 1.82) is 0 Å². The Bertz CT molecular complexity index is 480. The summed E-state index contributed by atoms with van der Waals surface area (Å²) in [7, 11) is 0. The molecule has 0 unspecified atom stereocenters. The molecule has 0 saturated carbocycles. The molecule has 1 heterocycles. The van der Waals surface area contributed by atoms with Gasteiger partial charge in [0.1, 0.15) is 0 Å². The molecule has 0 fully saturated rings. The average Bonchev–Trinajstić information content (AvgIpc) is 2.50. The van der Waals surface area contributed by atoms with E-state index in [2.05, 4.69) is 10.2 Å². The number of hydrogen-bond donors (Lipinski definition) is 1. The van der Waals surface area contributed by atoms with Crippen molar-refractivity contribution >= 4 is 23.3 Å². The number of aromatic amines is 1. The van der Waals surface area contributed by atoms with Crippen molar-refractivity contribution in [2.45, 2.75) is 6.92 Å². The molecule has 7 heteroatoms. The summed E-state index contributed by atoms with van der Waals surface area (Å²) >= 11 is 0. The van der Waals surface area contributed by atoms with E-state index in [0.29, 0.717) is 10.9 Å². The van der Waals surface area contributed by atoms with Crippen LogP contribution < -0.4 is 56.8 Å². The van der Waals surface area contributed by atoms with Gasteiger partial charge in [-0.1, -0.05) is 11.6 Å². The van der Waals surface area contributed by atoms with Crippen molar-refractivity contribution in [3.63, 3.8) is 0 Å². The maximum absolute atomic E-state index is 12.5. The molecule has 0 amide bonds. The summed E-state index contributed by atoms with van der Waals surface area (Å²) in [6, 6.07) is 2.50. The first-order chi connectivity index (χ1) is 6.50. The number of nitrogens with zero attached hydrogens (tertiary/aromatic N) is 1. The molecule has 15 heavy (non-hydrogen) atoms. The number of fused-ring (bicyclic) bond motifs is 1. The van der Waals surface area contributed by atoms with Gasteiger partial charge in [0.05, 0.1) is 11.7 Å². The van der Waals surface area contributed by atoms with Gasteiger partial charge in [-0.25, -0.2) is 0 Å². The number of nitrogens with one attached hydrogen (secondary N) is 1. The Balaban J connectivity index is 0.00000112. The zero-order valence-corrected chi connectivity index (χ0v) is 11.5. The topological polar surface area (TPSA) is 28.7 Å². The number of halogens is 3. The third kappa shape index (κ3) is 2.47. The van der Waals surface area contributed by atoms with E-state index < -0.39 is 12.4 Å². The van der Waals surface area contributed by atoms with Gasteiger partial charge in [-0.15, -0.1) is 5.46 Å². The molecule has 2 rings (SSSR count). The summed E-state index contributed by atoms with van der Waals surface area (Å²) in [5, 5.41) is 6.86. The summed E-state index contributed by atoms with van der Waals surface area (Å²) in [4.78, 5) is 0. The molecule has 0 aliphatic heterocycles. The Labute approximate surface area is 127 Å². The predicted molar refractivity (Wildman–Crippen MR) is 49.5 cm³/mol. The van der Waals surface area contributed by atoms with E-state index in [9.17, 15) is 12.9 Å². The number of aromatic nitrogens is 2. The Kier molecular flexibility index (Phi) is 4.05. The van der Waals surface area contributed by atoms with E-state index >= 15 is 0 Å². The Morgan fingerprint density at radius 1 is 1.27 bits per heavy atom. The summed E-state index contributed by atoms with van der Waals surface area (Å²) in [6.45, 7) is -3.47. The van der Waals surface area contributed by atoms with Crippen LogP contribution in [0.25, 0.3) is 10.9 Å². The molecule has 2 aromatic rings. The first kappa shape index (κ1) is 13.2. The number of hydrogen-bond acceptors (Lipinski definition) is 1. The fourth-order valence-corrected chi connectivity index (χ4v) is 1.53. The zero-order chi connectivity index (χ0) is 10.3. The van der Waals surface area contributed by atoms with E-state index in [1.165, 1.54) is 19.2 Å². The fraction of sp³-hybridized carbons (Fsp3) is 0.125. The second kappa shape index (κ2) is 4.59. The Morgan fingerprint density at radius 3 is 2.53 bits per heavy atom. The van der Waals surface area contributed by atoms with Crippen LogP contribution in [0.1, 0.15) is 5.56 Å². The number of benzene rings is 1. The van der Waals surface area contributed by atoms with Crippen molar-refractivity contribution < 1.29 is 64.3 Å². The Hall–Kier alpha value is 0.181. The molecule has 0 aliphatic carbocycles. The van der Waals surface area contributed by atoms with Crippen LogP contribution in [-0.4, -0.2) is 17.2 Å². The molecular weight excluding hydrogens is 231 g/mol. The molecule has 0 radical (unpaired) electrons. The second-order valence-corrected chi connectivity index (χ2v) is 3.19. The Morgan fingerprint density at radius 2 is 1.93 bits per heavy atom. The third-order valence-electron chi connectivity index (χ3n) is 2.29. The van der Waals surface area contributed by atoms with E-state index in [4.69, 9.17) is 0 Å². The molecule has 0 atom stereocenters. The molecule has 1 aromatic carbocycles. The number of H-pyrrole nitrogens is 1. The van der Waals surface area contributed by atoms with Crippen molar-refractivity contribution in [1.82, 2.24) is 10.2 Å². The zero-order valence-electron chi connectivity index (χ0n) is 8.39. The van der Waals surface area contributed by atoms with Crippen LogP contribution in [0.2, 0.25) is 0 Å². The normalized spacial score (nSPS) is 11.5. The summed E-state index contributed by atoms with van der Waals surface area (Å²) in [6.07, 6.45) is 1.41. The van der Waals surface area contributed by atoms with Crippen LogP contribution in [-0.2, 0) is 0 Å². The van der Waals surface area contributed by atoms with Gasteiger partial charge in [0, 0.05) is 5.39 Å². The molecule has 1 aromatic heterocycles. The van der Waals surface area contributed by atoms with Crippen LogP contribution >= 0.6 is 0 Å². The van der Waals surface area contributed by atoms with Gasteiger partial charge in [-0.3, -0.25) is 5.10 Å². The van der Waals surface area contributed by atoms with E-state index in [1.807, 2.05) is 0 Å². The van der Waals surface area contributed by atoms with Crippen molar-refractivity contribution in [2.24, 2.45) is 0 Å². The summed E-state index contributed by atoms with van der Waals surface area (Å²) < 4.78 is 37.5. The van der Waals surface area contributed by atoms with Gasteiger partial charge in [0.15, 0.2) is 0 Å². The maximum Gasteiger partial charge on any atom is 1.00 e. The second-order valence-electron chi connectivity index (χ2n) is 3.19. The van der Waals surface area contributed by atoms with Crippen LogP contribution in [0.15, 0.2) is 18.3 Å². The molecule has 0 aliphatic rings. The molecule has 0 bridgehead atoms. The first-order valence-corrected chi connectivity index (χ1v) is 4.12. The predicted octanol–water partition coefficient (Wildman–Crippen LogP) is -1.07. The van der Waals surface area contributed by atoms with Gasteiger partial charge in [-0.2, -0.15) is 5.10 Å². The van der Waals surface area contributed by atoms with Gasteiger partial charge in [-0.05, 0) is 13.0 Å². The fourth-order valence-electron chi connectivity index (χ4n) is 1.53. The molecule has 1 N–H and O–H groups in total. The minimum Gasteiger partial charge on any atom is -0.445 e. The van der Waals surface area contributed by atoms with Crippen LogP contribution in [0.3, 0.4) is 0 Å². The van der Waals surface area contributed by atoms with E-state index in [-0.39, 0.29) is 56.9 Å². The molecule has 0 saturated heterocycles. The van der Waals surface area contributed by atoms with Crippen molar-refractivity contribution in [3.05, 3.63) is 23.9 Å². The molecule has 74 valence electrons. The monoisotopic (exact) mass is 238 g/mol. The van der Waals surface area contributed by atoms with Crippen LogP contribution in [0, 0.1) is 6.92 Å². The minimum atomic E-state index is -4.93. The largest absolute Gasteiger partial charge is 1.00 e. The van der Waals surface area contributed by atoms with Crippen LogP contribution in [0.5, 0.6) is 0 Å². The maximum atomic E-state index is 12.5. The van der Waals surface area contributed by atoms with Crippen LogP contribution in [0.4, 0.5) is 12.9 Å². The van der Waals surface area contributed by atoms with E-state index in [1.54, 1.807) is 0 Å². The quantitative estimate of drug-likeness (QED) is 0.630. The average molecular weight is 238 g/mol.